The van der Waals surface area contributed by atoms with Crippen LogP contribution in [0.4, 0.5) is 0 Å². The lowest BCUT2D eigenvalue weighted by Crippen LogP contribution is -2.34. The molecule has 1 aromatic heterocycles. The van der Waals surface area contributed by atoms with Crippen LogP contribution in [0.3, 0.4) is 0 Å². The van der Waals surface area contributed by atoms with Gasteiger partial charge in [-0.3, -0.25) is 9.59 Å². The van der Waals surface area contributed by atoms with Crippen molar-refractivity contribution < 1.29 is 15.0 Å². The molecular formula is C13H19NO4. The number of aromatic hydroxyl groups is 1. The number of ketones is 1. The van der Waals surface area contributed by atoms with Crippen LogP contribution in [-0.4, -0.2) is 26.7 Å². The molecule has 2 N–H and O–H groups in total. The first-order chi connectivity index (χ1) is 8.14. The molecule has 0 spiro atoms. The summed E-state index contributed by atoms with van der Waals surface area (Å²) < 4.78 is 1.52. The molecule has 1 rings (SSSR count). The number of pyridine rings is 1. The molecule has 0 fully saturated rings. The molecule has 100 valence electrons. The van der Waals surface area contributed by atoms with Crippen LogP contribution in [-0.2, 0) is 18.3 Å². The van der Waals surface area contributed by atoms with E-state index in [-0.39, 0.29) is 17.9 Å². The van der Waals surface area contributed by atoms with E-state index in [9.17, 15) is 19.8 Å². The summed E-state index contributed by atoms with van der Waals surface area (Å²) in [4.78, 5) is 23.2. The summed E-state index contributed by atoms with van der Waals surface area (Å²) in [7, 11) is 1.64. The van der Waals surface area contributed by atoms with Crippen molar-refractivity contribution in [2.24, 2.45) is 12.5 Å². The summed E-state index contributed by atoms with van der Waals surface area (Å²) in [6.07, 6.45) is 0.184. The zero-order valence-corrected chi connectivity index (χ0v) is 11.1. The molecule has 1 aromatic rings. The Morgan fingerprint density at radius 2 is 2.00 bits per heavy atom. The lowest BCUT2D eigenvalue weighted by Gasteiger charge is -2.21. The summed E-state index contributed by atoms with van der Waals surface area (Å²) in [5.74, 6) is -0.737. The highest BCUT2D eigenvalue weighted by Gasteiger charge is 2.29. The summed E-state index contributed by atoms with van der Waals surface area (Å²) in [5.41, 5.74) is -0.922. The fourth-order valence-electron chi connectivity index (χ4n) is 1.67. The van der Waals surface area contributed by atoms with Gasteiger partial charge >= 0.3 is 0 Å². The molecule has 0 aliphatic rings. The first-order valence-electron chi connectivity index (χ1n) is 5.74. The topological polar surface area (TPSA) is 79.5 Å². The largest absolute Gasteiger partial charge is 0.503 e. The van der Waals surface area contributed by atoms with Gasteiger partial charge in [-0.2, -0.15) is 0 Å². The standard InChI is InChI=1S/C13H19NO4/c1-13(2,3)12(18)10(16)7-8-11(17)9(15)5-6-14(8)4/h5-6,10,16-17H,7H2,1-4H3. The molecule has 18 heavy (non-hydrogen) atoms. The monoisotopic (exact) mass is 253 g/mol. The highest BCUT2D eigenvalue weighted by Crippen LogP contribution is 2.20. The quantitative estimate of drug-likeness (QED) is 0.827. The number of rotatable bonds is 3. The van der Waals surface area contributed by atoms with Gasteiger partial charge in [0, 0.05) is 31.1 Å². The van der Waals surface area contributed by atoms with E-state index < -0.39 is 22.7 Å². The molecule has 1 atom stereocenters. The molecule has 0 aliphatic heterocycles. The van der Waals surface area contributed by atoms with E-state index in [4.69, 9.17) is 0 Å². The molecule has 1 unspecified atom stereocenters. The summed E-state index contributed by atoms with van der Waals surface area (Å²) in [5, 5.41) is 19.5. The Morgan fingerprint density at radius 3 is 2.50 bits per heavy atom. The third-order valence-electron chi connectivity index (χ3n) is 2.81. The van der Waals surface area contributed by atoms with Crippen molar-refractivity contribution in [3.8, 4) is 5.75 Å². The molecule has 5 nitrogen and oxygen atoms in total. The second kappa shape index (κ2) is 4.94. The normalized spacial score (nSPS) is 13.4. The number of aliphatic hydroxyl groups excluding tert-OH is 1. The summed E-state index contributed by atoms with van der Waals surface area (Å²) in [6.45, 7) is 5.13. The highest BCUT2D eigenvalue weighted by atomic mass is 16.3. The van der Waals surface area contributed by atoms with Gasteiger partial charge in [0.2, 0.25) is 5.43 Å². The van der Waals surface area contributed by atoms with E-state index in [1.165, 1.54) is 16.8 Å². The van der Waals surface area contributed by atoms with Gasteiger partial charge in [0.1, 0.15) is 6.10 Å². The Balaban J connectivity index is 3.03. The Morgan fingerprint density at radius 1 is 1.44 bits per heavy atom. The number of hydrogen-bond donors (Lipinski definition) is 2. The molecule has 0 saturated carbocycles. The van der Waals surface area contributed by atoms with Gasteiger partial charge in [-0.05, 0) is 0 Å². The van der Waals surface area contributed by atoms with E-state index in [2.05, 4.69) is 0 Å². The first-order valence-corrected chi connectivity index (χ1v) is 5.74. The van der Waals surface area contributed by atoms with E-state index in [0.717, 1.165) is 0 Å². The molecule has 0 radical (unpaired) electrons. The Hall–Kier alpha value is -1.62. The van der Waals surface area contributed by atoms with Crippen LogP contribution < -0.4 is 5.43 Å². The smallest absolute Gasteiger partial charge is 0.223 e. The number of Topliss-reactive ketones (excluding diaryl/α,β-unsaturated/α-hetero) is 1. The van der Waals surface area contributed by atoms with Crippen LogP contribution in [0.2, 0.25) is 0 Å². The van der Waals surface area contributed by atoms with Crippen molar-refractivity contribution in [2.75, 3.05) is 0 Å². The van der Waals surface area contributed by atoms with Crippen molar-refractivity contribution in [3.63, 3.8) is 0 Å². The average Bonchev–Trinajstić information content (AvgIpc) is 2.27. The number of aryl methyl sites for hydroxylation is 1. The third kappa shape index (κ3) is 2.98. The van der Waals surface area contributed by atoms with Gasteiger partial charge in [-0.15, -0.1) is 0 Å². The van der Waals surface area contributed by atoms with Crippen molar-refractivity contribution in [1.82, 2.24) is 4.57 Å². The zero-order chi connectivity index (χ0) is 14.1. The van der Waals surface area contributed by atoms with Crippen LogP contribution >= 0.6 is 0 Å². The fourth-order valence-corrected chi connectivity index (χ4v) is 1.67. The lowest BCUT2D eigenvalue weighted by atomic mass is 9.86. The maximum absolute atomic E-state index is 11.9. The van der Waals surface area contributed by atoms with Gasteiger partial charge in [0.05, 0.1) is 5.69 Å². The van der Waals surface area contributed by atoms with E-state index >= 15 is 0 Å². The van der Waals surface area contributed by atoms with Crippen LogP contribution in [0, 0.1) is 5.41 Å². The third-order valence-corrected chi connectivity index (χ3v) is 2.81. The maximum Gasteiger partial charge on any atom is 0.223 e. The maximum atomic E-state index is 11.9. The van der Waals surface area contributed by atoms with Crippen LogP contribution in [0.15, 0.2) is 17.1 Å². The lowest BCUT2D eigenvalue weighted by molar-refractivity contribution is -0.134. The zero-order valence-electron chi connectivity index (χ0n) is 11.1. The van der Waals surface area contributed by atoms with Gasteiger partial charge in [-0.1, -0.05) is 20.8 Å². The fraction of sp³-hybridized carbons (Fsp3) is 0.538. The minimum Gasteiger partial charge on any atom is -0.503 e. The Labute approximate surface area is 106 Å². The van der Waals surface area contributed by atoms with Gasteiger partial charge in [-0.25, -0.2) is 0 Å². The highest BCUT2D eigenvalue weighted by molar-refractivity contribution is 5.87. The summed E-state index contributed by atoms with van der Waals surface area (Å²) >= 11 is 0. The molecule has 1 heterocycles. The number of aliphatic hydroxyl groups is 1. The van der Waals surface area contributed by atoms with Gasteiger partial charge < -0.3 is 14.8 Å². The second-order valence-electron chi connectivity index (χ2n) is 5.42. The average molecular weight is 253 g/mol. The molecule has 0 bridgehead atoms. The SMILES string of the molecule is Cn1ccc(=O)c(O)c1CC(O)C(=O)C(C)(C)C. The van der Waals surface area contributed by atoms with Crippen molar-refractivity contribution in [1.29, 1.82) is 0 Å². The molecular weight excluding hydrogens is 234 g/mol. The predicted octanol–water partition coefficient (Wildman–Crippen LogP) is 0.609. The van der Waals surface area contributed by atoms with Crippen molar-refractivity contribution in [2.45, 2.75) is 33.3 Å². The van der Waals surface area contributed by atoms with Gasteiger partial charge in [0.15, 0.2) is 11.5 Å². The predicted molar refractivity (Wildman–Crippen MR) is 67.5 cm³/mol. The second-order valence-corrected chi connectivity index (χ2v) is 5.42. The minimum absolute atomic E-state index is 0.0749. The van der Waals surface area contributed by atoms with E-state index in [0.29, 0.717) is 0 Å². The van der Waals surface area contributed by atoms with Crippen LogP contribution in [0.25, 0.3) is 0 Å². The van der Waals surface area contributed by atoms with Crippen LogP contribution in [0.5, 0.6) is 5.75 Å². The number of nitrogens with zero attached hydrogens (tertiary/aromatic N) is 1. The molecule has 0 saturated heterocycles. The molecule has 0 amide bonds. The molecule has 0 aromatic carbocycles. The van der Waals surface area contributed by atoms with Crippen LogP contribution in [0.1, 0.15) is 26.5 Å². The van der Waals surface area contributed by atoms with Crippen molar-refractivity contribution >= 4 is 5.78 Å². The van der Waals surface area contributed by atoms with Gasteiger partial charge in [0.25, 0.3) is 0 Å². The number of aromatic nitrogens is 1. The molecule has 0 aliphatic carbocycles. The summed E-state index contributed by atoms with van der Waals surface area (Å²) in [6, 6.07) is 1.23. The first kappa shape index (κ1) is 14.4. The number of carbonyl (C=O) groups is 1. The van der Waals surface area contributed by atoms with E-state index in [1.54, 1.807) is 27.8 Å². The minimum atomic E-state index is -1.23. The van der Waals surface area contributed by atoms with Crippen molar-refractivity contribution in [3.05, 3.63) is 28.2 Å². The van der Waals surface area contributed by atoms with E-state index in [1.807, 2.05) is 0 Å². The molecule has 5 heteroatoms. The number of carbonyl (C=O) groups excluding carboxylic acids is 1. The Bertz CT molecular complexity index is 511. The number of hydrogen-bond acceptors (Lipinski definition) is 4. The Kier molecular flexibility index (Phi) is 3.96.